The Morgan fingerprint density at radius 1 is 0.750 bits per heavy atom. The summed E-state index contributed by atoms with van der Waals surface area (Å²) < 4.78 is 34.0. The van der Waals surface area contributed by atoms with Gasteiger partial charge in [0.05, 0.1) is 16.2 Å². The molecule has 0 fully saturated rings. The Hall–Kier alpha value is 1.51. The number of aliphatic hydroxyl groups is 1. The van der Waals surface area contributed by atoms with E-state index >= 15 is 0 Å². The molecule has 0 rings (SSSR count). The Bertz CT molecular complexity index is 360. The van der Waals surface area contributed by atoms with Gasteiger partial charge in [0.25, 0.3) is 0 Å². The van der Waals surface area contributed by atoms with E-state index in [9.17, 15) is 18.1 Å². The van der Waals surface area contributed by atoms with E-state index in [-0.39, 0.29) is 57.5 Å². The zero-order valence-electron chi connectivity index (χ0n) is 16.1. The maximum atomic E-state index is 11.3. The Labute approximate surface area is 192 Å². The van der Waals surface area contributed by atoms with Gasteiger partial charge in [-0.05, 0) is 25.7 Å². The van der Waals surface area contributed by atoms with Crippen molar-refractivity contribution in [3.8, 4) is 0 Å². The number of hydrogen-bond donors (Lipinski definition) is 1. The topological polar surface area (TPSA) is 77.4 Å². The molecule has 0 aliphatic heterocycles. The molecule has 0 saturated carbocycles. The van der Waals surface area contributed by atoms with Gasteiger partial charge in [-0.15, -0.1) is 0 Å². The summed E-state index contributed by atoms with van der Waals surface area (Å²) in [7, 11) is -4.19. The molecule has 0 aromatic heterocycles. The number of hydrogen-bond acceptors (Lipinski definition) is 4. The summed E-state index contributed by atoms with van der Waals surface area (Å²) in [6.07, 6.45) is 12.4. The predicted octanol–water partition coefficient (Wildman–Crippen LogP) is 1.77. The third kappa shape index (κ3) is 16.9. The fraction of sp³-hybridized carbons (Fsp3) is 1.00. The number of unbranched alkanes of at least 4 members (excludes halogenated alkanes) is 7. The summed E-state index contributed by atoms with van der Waals surface area (Å²) >= 11 is 0. The minimum atomic E-state index is -4.19. The first-order valence-electron chi connectivity index (χ1n) is 9.54. The van der Waals surface area contributed by atoms with E-state index in [1.807, 2.05) is 0 Å². The number of aliphatic hydroxyl groups excluding tert-OH is 1. The van der Waals surface area contributed by atoms with Crippen molar-refractivity contribution < 1.29 is 69.5 Å². The van der Waals surface area contributed by atoms with Crippen molar-refractivity contribution in [3.63, 3.8) is 0 Å². The van der Waals surface area contributed by atoms with Crippen LogP contribution < -0.4 is 51.4 Å². The summed E-state index contributed by atoms with van der Waals surface area (Å²) in [6, 6.07) is 0. The fourth-order valence-corrected chi connectivity index (χ4v) is 3.85. The monoisotopic (exact) mass is 388 g/mol. The summed E-state index contributed by atoms with van der Waals surface area (Å²) in [4.78, 5) is 0. The average Bonchev–Trinajstić information content (AvgIpc) is 2.48. The van der Waals surface area contributed by atoms with Gasteiger partial charge in [0, 0.05) is 5.25 Å². The first kappa shape index (κ1) is 27.7. The second kappa shape index (κ2) is 17.9. The molecule has 0 radical (unpaired) electrons. The van der Waals surface area contributed by atoms with Crippen molar-refractivity contribution in [2.45, 2.75) is 115 Å². The van der Waals surface area contributed by atoms with Gasteiger partial charge in [-0.1, -0.05) is 78.1 Å². The molecule has 0 aromatic rings. The van der Waals surface area contributed by atoms with E-state index in [0.29, 0.717) is 25.7 Å². The van der Waals surface area contributed by atoms with Crippen molar-refractivity contribution in [2.75, 3.05) is 0 Å². The van der Waals surface area contributed by atoms with E-state index in [2.05, 4.69) is 13.8 Å². The Balaban J connectivity index is 0. The van der Waals surface area contributed by atoms with Crippen LogP contribution in [0, 0.1) is 0 Å². The minimum Gasteiger partial charge on any atom is -0.748 e. The Morgan fingerprint density at radius 3 is 1.54 bits per heavy atom. The average molecular weight is 389 g/mol. The van der Waals surface area contributed by atoms with Gasteiger partial charge in [-0.2, -0.15) is 0 Å². The van der Waals surface area contributed by atoms with Crippen LogP contribution >= 0.6 is 0 Å². The van der Waals surface area contributed by atoms with Crippen LogP contribution in [0.1, 0.15) is 104 Å². The van der Waals surface area contributed by atoms with Crippen molar-refractivity contribution in [1.82, 2.24) is 0 Å². The van der Waals surface area contributed by atoms with Crippen LogP contribution in [-0.4, -0.2) is 29.4 Å². The van der Waals surface area contributed by atoms with Crippen LogP contribution in [0.2, 0.25) is 0 Å². The van der Waals surface area contributed by atoms with Crippen molar-refractivity contribution >= 4 is 10.1 Å². The molecular weight excluding hydrogens is 351 g/mol. The van der Waals surface area contributed by atoms with Gasteiger partial charge >= 0.3 is 51.4 Å². The van der Waals surface area contributed by atoms with Gasteiger partial charge in [-0.3, -0.25) is 0 Å². The standard InChI is InChI=1S/C18H38O4S.K/c1-3-5-7-9-13-17(19)14-11-12-16-18(23(20,21)22)15-10-8-6-4-2;/h17-19H,3-16H2,1-2H3,(H,20,21,22);/q;+1/p-1. The second-order valence-electron chi connectivity index (χ2n) is 6.75. The van der Waals surface area contributed by atoms with E-state index in [0.717, 1.165) is 44.9 Å². The third-order valence-corrected chi connectivity index (χ3v) is 5.78. The zero-order chi connectivity index (χ0) is 17.6. The van der Waals surface area contributed by atoms with Crippen molar-refractivity contribution in [1.29, 1.82) is 0 Å². The van der Waals surface area contributed by atoms with Crippen molar-refractivity contribution in [3.05, 3.63) is 0 Å². The quantitative estimate of drug-likeness (QED) is 0.248. The molecule has 0 saturated heterocycles. The smallest absolute Gasteiger partial charge is 0.748 e. The molecule has 0 spiro atoms. The normalized spacial score (nSPS) is 14.2. The molecule has 24 heavy (non-hydrogen) atoms. The molecule has 1 N–H and O–H groups in total. The van der Waals surface area contributed by atoms with Crippen LogP contribution in [0.4, 0.5) is 0 Å². The number of rotatable bonds is 16. The Morgan fingerprint density at radius 2 is 1.12 bits per heavy atom. The van der Waals surface area contributed by atoms with Gasteiger partial charge in [-0.25, -0.2) is 8.42 Å². The van der Waals surface area contributed by atoms with Gasteiger partial charge in [0.2, 0.25) is 0 Å². The summed E-state index contributed by atoms with van der Waals surface area (Å²) in [6.45, 7) is 4.27. The van der Waals surface area contributed by atoms with Crippen LogP contribution in [0.25, 0.3) is 0 Å². The molecule has 2 atom stereocenters. The molecule has 0 aliphatic carbocycles. The SMILES string of the molecule is CCCCCCC(O)CCCCC(CCCCCC)S(=O)(=O)[O-].[K+]. The molecule has 2 unspecified atom stereocenters. The van der Waals surface area contributed by atoms with E-state index in [1.54, 1.807) is 0 Å². The van der Waals surface area contributed by atoms with Crippen molar-refractivity contribution in [2.24, 2.45) is 0 Å². The second-order valence-corrected chi connectivity index (χ2v) is 8.40. The van der Waals surface area contributed by atoms with Crippen LogP contribution in [-0.2, 0) is 10.1 Å². The Kier molecular flexibility index (Phi) is 20.7. The predicted molar refractivity (Wildman–Crippen MR) is 95.5 cm³/mol. The molecule has 0 bridgehead atoms. The summed E-state index contributed by atoms with van der Waals surface area (Å²) in [5, 5.41) is 9.16. The summed E-state index contributed by atoms with van der Waals surface area (Å²) in [5.41, 5.74) is 0. The maximum Gasteiger partial charge on any atom is 1.00 e. The first-order valence-corrected chi connectivity index (χ1v) is 11.0. The largest absolute Gasteiger partial charge is 1.00 e. The van der Waals surface area contributed by atoms with Crippen LogP contribution in [0.15, 0.2) is 0 Å². The molecular formula is C18H37KO4S. The van der Waals surface area contributed by atoms with E-state index in [4.69, 9.17) is 0 Å². The van der Waals surface area contributed by atoms with Crippen LogP contribution in [0.5, 0.6) is 0 Å². The first-order chi connectivity index (χ1) is 10.9. The van der Waals surface area contributed by atoms with Gasteiger partial charge < -0.3 is 9.66 Å². The fourth-order valence-electron chi connectivity index (χ4n) is 2.93. The molecule has 4 nitrogen and oxygen atoms in total. The van der Waals surface area contributed by atoms with Gasteiger partial charge in [0.1, 0.15) is 0 Å². The van der Waals surface area contributed by atoms with E-state index < -0.39 is 15.4 Å². The molecule has 140 valence electrons. The third-order valence-electron chi connectivity index (χ3n) is 4.49. The molecule has 0 heterocycles. The zero-order valence-corrected chi connectivity index (χ0v) is 20.1. The molecule has 0 aromatic carbocycles. The van der Waals surface area contributed by atoms with E-state index in [1.165, 1.54) is 19.3 Å². The molecule has 0 aliphatic rings. The molecule has 6 heteroatoms. The van der Waals surface area contributed by atoms with Gasteiger partial charge in [0.15, 0.2) is 0 Å². The van der Waals surface area contributed by atoms with Crippen LogP contribution in [0.3, 0.4) is 0 Å². The summed E-state index contributed by atoms with van der Waals surface area (Å²) in [5.74, 6) is 0. The maximum absolute atomic E-state index is 11.3. The molecule has 0 amide bonds. The minimum absolute atomic E-state index is 0.